The number of unbranched alkanes of at least 4 members (excludes halogenated alkanes) is 3. The Morgan fingerprint density at radius 3 is 2.60 bits per heavy atom. The first kappa shape index (κ1) is 17.1. The second-order valence-electron chi connectivity index (χ2n) is 4.61. The van der Waals surface area contributed by atoms with Gasteiger partial charge in [-0.2, -0.15) is 0 Å². The van der Waals surface area contributed by atoms with Gasteiger partial charge >= 0.3 is 0 Å². The molecule has 0 aliphatic heterocycles. The van der Waals surface area contributed by atoms with Gasteiger partial charge in [0.25, 0.3) is 0 Å². The van der Waals surface area contributed by atoms with E-state index in [0.717, 1.165) is 37.0 Å². The third-order valence-corrected chi connectivity index (χ3v) is 3.20. The third kappa shape index (κ3) is 5.57. The van der Waals surface area contributed by atoms with E-state index in [4.69, 9.17) is 26.2 Å². The summed E-state index contributed by atoms with van der Waals surface area (Å²) in [5.41, 5.74) is 0.993. The first-order valence-electron chi connectivity index (χ1n) is 6.97. The molecular formula is C15H24ClNO3. The van der Waals surface area contributed by atoms with Gasteiger partial charge in [-0.15, -0.1) is 0 Å². The lowest BCUT2D eigenvalue weighted by atomic mass is 10.1. The van der Waals surface area contributed by atoms with Crippen molar-refractivity contribution in [2.24, 2.45) is 0 Å². The van der Waals surface area contributed by atoms with Gasteiger partial charge in [0.15, 0.2) is 11.5 Å². The van der Waals surface area contributed by atoms with Crippen molar-refractivity contribution in [1.82, 2.24) is 5.32 Å². The van der Waals surface area contributed by atoms with Crippen molar-refractivity contribution < 1.29 is 14.6 Å². The fourth-order valence-electron chi connectivity index (χ4n) is 2.00. The van der Waals surface area contributed by atoms with Crippen molar-refractivity contribution >= 4 is 11.6 Å². The maximum absolute atomic E-state index is 8.72. The van der Waals surface area contributed by atoms with Crippen LogP contribution in [0.5, 0.6) is 11.5 Å². The van der Waals surface area contributed by atoms with Crippen molar-refractivity contribution in [2.75, 3.05) is 27.4 Å². The summed E-state index contributed by atoms with van der Waals surface area (Å²) in [6.07, 6.45) is 3.90. The molecule has 0 unspecified atom stereocenters. The summed E-state index contributed by atoms with van der Waals surface area (Å²) in [4.78, 5) is 0. The van der Waals surface area contributed by atoms with Gasteiger partial charge in [-0.05, 0) is 32.4 Å². The molecule has 0 atom stereocenters. The highest BCUT2D eigenvalue weighted by molar-refractivity contribution is 6.30. The molecule has 0 bridgehead atoms. The van der Waals surface area contributed by atoms with Crippen molar-refractivity contribution in [3.05, 3.63) is 22.7 Å². The molecule has 2 N–H and O–H groups in total. The van der Waals surface area contributed by atoms with Crippen molar-refractivity contribution in [1.29, 1.82) is 0 Å². The molecule has 1 aromatic rings. The molecular weight excluding hydrogens is 278 g/mol. The quantitative estimate of drug-likeness (QED) is 0.652. The summed E-state index contributed by atoms with van der Waals surface area (Å²) in [5.74, 6) is 1.42. The topological polar surface area (TPSA) is 50.7 Å². The maximum Gasteiger partial charge on any atom is 0.165 e. The van der Waals surface area contributed by atoms with Gasteiger partial charge in [0.05, 0.1) is 13.7 Å². The molecule has 1 rings (SSSR count). The normalized spacial score (nSPS) is 10.6. The predicted octanol–water partition coefficient (Wildman–Crippen LogP) is 3.00. The first-order chi connectivity index (χ1) is 9.72. The summed E-state index contributed by atoms with van der Waals surface area (Å²) in [6.45, 7) is 1.58. The van der Waals surface area contributed by atoms with Crippen LogP contribution in [0.1, 0.15) is 31.2 Å². The summed E-state index contributed by atoms with van der Waals surface area (Å²) in [6, 6.07) is 3.66. The Hall–Kier alpha value is -0.970. The van der Waals surface area contributed by atoms with Crippen LogP contribution in [0.4, 0.5) is 0 Å². The van der Waals surface area contributed by atoms with Crippen LogP contribution < -0.4 is 14.8 Å². The highest BCUT2D eigenvalue weighted by atomic mass is 35.5. The second kappa shape index (κ2) is 9.86. The molecule has 0 radical (unpaired) electrons. The number of rotatable bonds is 10. The number of benzene rings is 1. The third-order valence-electron chi connectivity index (χ3n) is 2.98. The Balaban J connectivity index is 2.61. The van der Waals surface area contributed by atoms with Crippen LogP contribution in [0, 0.1) is 0 Å². The summed E-state index contributed by atoms with van der Waals surface area (Å²) in [7, 11) is 3.50. The van der Waals surface area contributed by atoms with Gasteiger partial charge in [0.1, 0.15) is 0 Å². The Labute approximate surface area is 126 Å². The number of methoxy groups -OCH3 is 1. The predicted molar refractivity (Wildman–Crippen MR) is 81.8 cm³/mol. The molecule has 0 saturated carbocycles. The Kier molecular flexibility index (Phi) is 8.42. The molecule has 0 aliphatic carbocycles. The van der Waals surface area contributed by atoms with Gasteiger partial charge in [0, 0.05) is 29.8 Å². The van der Waals surface area contributed by atoms with Crippen LogP contribution >= 0.6 is 11.6 Å². The van der Waals surface area contributed by atoms with Crippen LogP contribution in [0.25, 0.3) is 0 Å². The molecule has 4 nitrogen and oxygen atoms in total. The number of nitrogens with one attached hydrogen (secondary N) is 1. The van der Waals surface area contributed by atoms with E-state index in [2.05, 4.69) is 5.32 Å². The lowest BCUT2D eigenvalue weighted by Gasteiger charge is -2.15. The summed E-state index contributed by atoms with van der Waals surface area (Å²) < 4.78 is 11.2. The minimum Gasteiger partial charge on any atom is -0.493 e. The average molecular weight is 302 g/mol. The van der Waals surface area contributed by atoms with E-state index in [-0.39, 0.29) is 6.61 Å². The number of halogens is 1. The second-order valence-corrected chi connectivity index (χ2v) is 5.05. The van der Waals surface area contributed by atoms with E-state index >= 15 is 0 Å². The lowest BCUT2D eigenvalue weighted by Crippen LogP contribution is -2.09. The van der Waals surface area contributed by atoms with Crippen molar-refractivity contribution in [2.45, 2.75) is 32.2 Å². The van der Waals surface area contributed by atoms with Crippen LogP contribution in [-0.4, -0.2) is 32.5 Å². The van der Waals surface area contributed by atoms with Gasteiger partial charge in [-0.1, -0.05) is 18.0 Å². The van der Waals surface area contributed by atoms with Crippen molar-refractivity contribution in [3.8, 4) is 11.5 Å². The Morgan fingerprint density at radius 1 is 1.20 bits per heavy atom. The van der Waals surface area contributed by atoms with Gasteiger partial charge in [0.2, 0.25) is 0 Å². The SMILES string of the molecule is CNCc1cc(Cl)cc(OC)c1OCCCCCCO. The smallest absolute Gasteiger partial charge is 0.165 e. The van der Waals surface area contributed by atoms with Crippen LogP contribution in [0.15, 0.2) is 12.1 Å². The van der Waals surface area contributed by atoms with Gasteiger partial charge in [-0.3, -0.25) is 0 Å². The monoisotopic (exact) mass is 301 g/mol. The molecule has 0 amide bonds. The fourth-order valence-corrected chi connectivity index (χ4v) is 2.23. The zero-order chi connectivity index (χ0) is 14.8. The van der Waals surface area contributed by atoms with E-state index in [9.17, 15) is 0 Å². The minimum absolute atomic E-state index is 0.262. The Morgan fingerprint density at radius 2 is 1.95 bits per heavy atom. The average Bonchev–Trinajstić information content (AvgIpc) is 2.44. The number of hydrogen-bond acceptors (Lipinski definition) is 4. The molecule has 0 heterocycles. The Bertz CT molecular complexity index is 399. The largest absolute Gasteiger partial charge is 0.493 e. The fraction of sp³-hybridized carbons (Fsp3) is 0.600. The minimum atomic E-state index is 0.262. The molecule has 0 saturated heterocycles. The molecule has 114 valence electrons. The van der Waals surface area contributed by atoms with Crippen LogP contribution in [0.3, 0.4) is 0 Å². The van der Waals surface area contributed by atoms with E-state index in [1.807, 2.05) is 13.1 Å². The van der Waals surface area contributed by atoms with E-state index in [1.54, 1.807) is 13.2 Å². The lowest BCUT2D eigenvalue weighted by molar-refractivity contribution is 0.267. The van der Waals surface area contributed by atoms with E-state index in [0.29, 0.717) is 23.9 Å². The molecule has 0 fully saturated rings. The molecule has 1 aromatic carbocycles. The summed E-state index contributed by atoms with van der Waals surface area (Å²) >= 11 is 6.07. The van der Waals surface area contributed by atoms with E-state index in [1.165, 1.54) is 0 Å². The van der Waals surface area contributed by atoms with Crippen LogP contribution in [0.2, 0.25) is 5.02 Å². The first-order valence-corrected chi connectivity index (χ1v) is 7.35. The number of aliphatic hydroxyl groups is 1. The summed E-state index contributed by atoms with van der Waals surface area (Å²) in [5, 5.41) is 12.5. The van der Waals surface area contributed by atoms with Crippen LogP contribution in [-0.2, 0) is 6.54 Å². The number of aliphatic hydroxyl groups excluding tert-OH is 1. The molecule has 5 heteroatoms. The zero-order valence-electron chi connectivity index (χ0n) is 12.2. The highest BCUT2D eigenvalue weighted by Crippen LogP contribution is 2.34. The van der Waals surface area contributed by atoms with E-state index < -0.39 is 0 Å². The molecule has 20 heavy (non-hydrogen) atoms. The standard InChI is InChI=1S/C15H24ClNO3/c1-17-11-12-9-13(16)10-14(19-2)15(12)20-8-6-4-3-5-7-18/h9-10,17-18H,3-8,11H2,1-2H3. The highest BCUT2D eigenvalue weighted by Gasteiger charge is 2.12. The number of ether oxygens (including phenoxy) is 2. The molecule has 0 spiro atoms. The maximum atomic E-state index is 8.72. The number of hydrogen-bond donors (Lipinski definition) is 2. The molecule has 0 aliphatic rings. The molecule has 0 aromatic heterocycles. The zero-order valence-corrected chi connectivity index (χ0v) is 13.0. The van der Waals surface area contributed by atoms with Crippen molar-refractivity contribution in [3.63, 3.8) is 0 Å². The van der Waals surface area contributed by atoms with Gasteiger partial charge in [-0.25, -0.2) is 0 Å². The van der Waals surface area contributed by atoms with Gasteiger partial charge < -0.3 is 19.9 Å².